The zero-order valence-electron chi connectivity index (χ0n) is 12.2. The molecule has 0 aromatic heterocycles. The summed E-state index contributed by atoms with van der Waals surface area (Å²) in [6, 6.07) is 5.42. The molecule has 2 atom stereocenters. The standard InChI is InChI=1S/C15H22N2O3/c1-10-6-7-14(19-3)12(9-10)17-15(18)16-11(2)13-5-4-8-20-13/h6-7,9,11,13H,4-5,8H2,1-3H3,(H2,16,17,18)/t11-,13+/m1/s1. The average Bonchev–Trinajstić information content (AvgIpc) is 2.92. The van der Waals surface area contributed by atoms with Crippen LogP contribution in [0.4, 0.5) is 10.5 Å². The minimum absolute atomic E-state index is 0.00620. The van der Waals surface area contributed by atoms with Crippen LogP contribution < -0.4 is 15.4 Å². The second-order valence-corrected chi connectivity index (χ2v) is 5.14. The SMILES string of the molecule is COc1ccc(C)cc1NC(=O)N[C@H](C)[C@@H]1CCCO1. The largest absolute Gasteiger partial charge is 0.495 e. The fourth-order valence-corrected chi connectivity index (χ4v) is 2.37. The third kappa shape index (κ3) is 3.63. The third-order valence-corrected chi connectivity index (χ3v) is 3.48. The van der Waals surface area contributed by atoms with Crippen LogP contribution in [-0.2, 0) is 4.74 Å². The van der Waals surface area contributed by atoms with Gasteiger partial charge in [0.25, 0.3) is 0 Å². The Morgan fingerprint density at radius 1 is 1.50 bits per heavy atom. The van der Waals surface area contributed by atoms with Crippen molar-refractivity contribution in [3.8, 4) is 5.75 Å². The predicted octanol–water partition coefficient (Wildman–Crippen LogP) is 2.69. The van der Waals surface area contributed by atoms with E-state index < -0.39 is 0 Å². The number of anilines is 1. The van der Waals surface area contributed by atoms with E-state index in [2.05, 4.69) is 10.6 Å². The highest BCUT2D eigenvalue weighted by atomic mass is 16.5. The maximum absolute atomic E-state index is 12.0. The maximum Gasteiger partial charge on any atom is 0.319 e. The minimum atomic E-state index is -0.239. The minimum Gasteiger partial charge on any atom is -0.495 e. The first-order chi connectivity index (χ1) is 9.60. The molecule has 110 valence electrons. The van der Waals surface area contributed by atoms with Crippen molar-refractivity contribution in [1.82, 2.24) is 5.32 Å². The fourth-order valence-electron chi connectivity index (χ4n) is 2.37. The van der Waals surface area contributed by atoms with Crippen molar-refractivity contribution in [2.24, 2.45) is 0 Å². The lowest BCUT2D eigenvalue weighted by atomic mass is 10.1. The van der Waals surface area contributed by atoms with Gasteiger partial charge in [0.15, 0.2) is 0 Å². The normalized spacial score (nSPS) is 19.4. The molecule has 0 unspecified atom stereocenters. The highest BCUT2D eigenvalue weighted by Gasteiger charge is 2.23. The molecule has 5 heteroatoms. The summed E-state index contributed by atoms with van der Waals surface area (Å²) >= 11 is 0. The summed E-state index contributed by atoms with van der Waals surface area (Å²) in [6.07, 6.45) is 2.17. The Morgan fingerprint density at radius 2 is 2.30 bits per heavy atom. The van der Waals surface area contributed by atoms with Crippen molar-refractivity contribution < 1.29 is 14.3 Å². The second kappa shape index (κ2) is 6.61. The molecule has 1 aliphatic heterocycles. The van der Waals surface area contributed by atoms with E-state index in [1.807, 2.05) is 32.0 Å². The Hall–Kier alpha value is -1.75. The Bertz CT molecular complexity index is 470. The number of carbonyl (C=O) groups is 1. The highest BCUT2D eigenvalue weighted by molar-refractivity contribution is 5.91. The molecule has 1 heterocycles. The van der Waals surface area contributed by atoms with Gasteiger partial charge < -0.3 is 20.1 Å². The topological polar surface area (TPSA) is 59.6 Å². The summed E-state index contributed by atoms with van der Waals surface area (Å²) < 4.78 is 10.8. The molecule has 0 spiro atoms. The number of hydrogen-bond donors (Lipinski definition) is 2. The molecule has 1 aromatic rings. The van der Waals surface area contributed by atoms with Gasteiger partial charge in [0, 0.05) is 6.61 Å². The van der Waals surface area contributed by atoms with Gasteiger partial charge in [0.05, 0.1) is 24.9 Å². The Labute approximate surface area is 119 Å². The van der Waals surface area contributed by atoms with E-state index in [-0.39, 0.29) is 18.2 Å². The van der Waals surface area contributed by atoms with Gasteiger partial charge in [0.1, 0.15) is 5.75 Å². The van der Waals surface area contributed by atoms with Crippen molar-refractivity contribution in [3.05, 3.63) is 23.8 Å². The number of methoxy groups -OCH3 is 1. The number of aryl methyl sites for hydroxylation is 1. The van der Waals surface area contributed by atoms with Gasteiger partial charge in [-0.1, -0.05) is 6.07 Å². The van der Waals surface area contributed by atoms with Gasteiger partial charge in [0.2, 0.25) is 0 Å². The van der Waals surface area contributed by atoms with E-state index in [9.17, 15) is 4.79 Å². The molecule has 0 saturated carbocycles. The van der Waals surface area contributed by atoms with Crippen LogP contribution in [0, 0.1) is 6.92 Å². The van der Waals surface area contributed by atoms with Gasteiger partial charge >= 0.3 is 6.03 Å². The molecule has 2 N–H and O–H groups in total. The summed E-state index contributed by atoms with van der Waals surface area (Å²) in [5, 5.41) is 5.74. The van der Waals surface area contributed by atoms with Crippen molar-refractivity contribution >= 4 is 11.7 Å². The zero-order valence-corrected chi connectivity index (χ0v) is 12.2. The van der Waals surface area contributed by atoms with E-state index in [0.29, 0.717) is 11.4 Å². The smallest absolute Gasteiger partial charge is 0.319 e. The molecular weight excluding hydrogens is 256 g/mol. The average molecular weight is 278 g/mol. The lowest BCUT2D eigenvalue weighted by Crippen LogP contribution is -2.43. The Kier molecular flexibility index (Phi) is 4.84. The van der Waals surface area contributed by atoms with Crippen LogP contribution in [-0.4, -0.2) is 31.9 Å². The fraction of sp³-hybridized carbons (Fsp3) is 0.533. The first-order valence-corrected chi connectivity index (χ1v) is 6.94. The predicted molar refractivity (Wildman–Crippen MR) is 78.3 cm³/mol. The van der Waals surface area contributed by atoms with Crippen molar-refractivity contribution in [2.75, 3.05) is 19.0 Å². The molecule has 1 aromatic carbocycles. The quantitative estimate of drug-likeness (QED) is 0.890. The molecular formula is C15H22N2O3. The Morgan fingerprint density at radius 3 is 2.95 bits per heavy atom. The van der Waals surface area contributed by atoms with E-state index in [1.165, 1.54) is 0 Å². The molecule has 0 bridgehead atoms. The monoisotopic (exact) mass is 278 g/mol. The van der Waals surface area contributed by atoms with Crippen LogP contribution in [0.2, 0.25) is 0 Å². The van der Waals surface area contributed by atoms with E-state index in [4.69, 9.17) is 9.47 Å². The summed E-state index contributed by atoms with van der Waals surface area (Å²) in [4.78, 5) is 12.0. The van der Waals surface area contributed by atoms with Crippen LogP contribution in [0.25, 0.3) is 0 Å². The number of hydrogen-bond acceptors (Lipinski definition) is 3. The summed E-state index contributed by atoms with van der Waals surface area (Å²) in [5.74, 6) is 0.649. The first-order valence-electron chi connectivity index (χ1n) is 6.94. The molecule has 1 fully saturated rings. The number of ether oxygens (including phenoxy) is 2. The Balaban J connectivity index is 1.95. The van der Waals surface area contributed by atoms with E-state index in [0.717, 1.165) is 25.0 Å². The number of amides is 2. The summed E-state index contributed by atoms with van der Waals surface area (Å²) in [5.41, 5.74) is 1.73. The van der Waals surface area contributed by atoms with Gasteiger partial charge in [-0.2, -0.15) is 0 Å². The molecule has 2 amide bonds. The number of carbonyl (C=O) groups excluding carboxylic acids is 1. The molecule has 2 rings (SSSR count). The number of benzene rings is 1. The van der Waals surface area contributed by atoms with Gasteiger partial charge in [-0.05, 0) is 44.4 Å². The van der Waals surface area contributed by atoms with Crippen LogP contribution >= 0.6 is 0 Å². The van der Waals surface area contributed by atoms with Crippen LogP contribution in [0.5, 0.6) is 5.75 Å². The molecule has 0 aliphatic carbocycles. The lowest BCUT2D eigenvalue weighted by Gasteiger charge is -2.20. The number of rotatable bonds is 4. The number of urea groups is 1. The first kappa shape index (κ1) is 14.7. The lowest BCUT2D eigenvalue weighted by molar-refractivity contribution is 0.0868. The zero-order chi connectivity index (χ0) is 14.5. The summed E-state index contributed by atoms with van der Waals surface area (Å²) in [7, 11) is 1.59. The summed E-state index contributed by atoms with van der Waals surface area (Å²) in [6.45, 7) is 4.71. The number of nitrogens with one attached hydrogen (secondary N) is 2. The molecule has 20 heavy (non-hydrogen) atoms. The van der Waals surface area contributed by atoms with Gasteiger partial charge in [-0.15, -0.1) is 0 Å². The van der Waals surface area contributed by atoms with Crippen molar-refractivity contribution in [1.29, 1.82) is 0 Å². The van der Waals surface area contributed by atoms with E-state index >= 15 is 0 Å². The van der Waals surface area contributed by atoms with Crippen molar-refractivity contribution in [3.63, 3.8) is 0 Å². The third-order valence-electron chi connectivity index (χ3n) is 3.48. The van der Waals surface area contributed by atoms with Crippen LogP contribution in [0.1, 0.15) is 25.3 Å². The molecule has 5 nitrogen and oxygen atoms in total. The van der Waals surface area contributed by atoms with Crippen LogP contribution in [0.15, 0.2) is 18.2 Å². The molecule has 1 saturated heterocycles. The van der Waals surface area contributed by atoms with E-state index in [1.54, 1.807) is 7.11 Å². The highest BCUT2D eigenvalue weighted by Crippen LogP contribution is 2.25. The van der Waals surface area contributed by atoms with Gasteiger partial charge in [-0.25, -0.2) is 4.79 Å². The molecule has 0 radical (unpaired) electrons. The van der Waals surface area contributed by atoms with Crippen molar-refractivity contribution in [2.45, 2.75) is 38.8 Å². The second-order valence-electron chi connectivity index (χ2n) is 5.14. The molecule has 1 aliphatic rings. The van der Waals surface area contributed by atoms with Gasteiger partial charge in [-0.3, -0.25) is 0 Å². The van der Waals surface area contributed by atoms with Crippen LogP contribution in [0.3, 0.4) is 0 Å². The maximum atomic E-state index is 12.0.